The molecule has 0 radical (unpaired) electrons. The number of hydrogen-bond donors (Lipinski definition) is 0. The third kappa shape index (κ3) is 3.03. The maximum atomic E-state index is 12.3. The normalized spacial score (nSPS) is 19.9. The number of methoxy groups -OCH3 is 1. The fraction of sp³-hybridized carbons (Fsp3) is 0.533. The van der Waals surface area contributed by atoms with Gasteiger partial charge in [-0.15, -0.1) is 0 Å². The van der Waals surface area contributed by atoms with E-state index in [2.05, 4.69) is 13.8 Å². The van der Waals surface area contributed by atoms with Gasteiger partial charge in [-0.25, -0.2) is 0 Å². The fourth-order valence-electron chi connectivity index (χ4n) is 2.36. The number of nitrogens with zero attached hydrogens (tertiary/aromatic N) is 1. The predicted octanol–water partition coefficient (Wildman–Crippen LogP) is 3.35. The highest BCUT2D eigenvalue weighted by molar-refractivity contribution is 6.30. The van der Waals surface area contributed by atoms with Crippen molar-refractivity contribution in [1.82, 2.24) is 4.90 Å². The Kier molecular flexibility index (Phi) is 3.77. The molecule has 1 unspecified atom stereocenters. The molecule has 1 aliphatic carbocycles. The minimum absolute atomic E-state index is 0.155. The van der Waals surface area contributed by atoms with Crippen LogP contribution >= 0.6 is 11.6 Å². The fourth-order valence-corrected chi connectivity index (χ4v) is 2.55. The molecule has 104 valence electrons. The Balaban J connectivity index is 2.08. The number of halogens is 1. The first kappa shape index (κ1) is 14.2. The quantitative estimate of drug-likeness (QED) is 0.847. The lowest BCUT2D eigenvalue weighted by atomic mass is 10.1. The molecule has 3 nitrogen and oxygen atoms in total. The van der Waals surface area contributed by atoms with Gasteiger partial charge in [-0.1, -0.05) is 25.4 Å². The monoisotopic (exact) mass is 281 g/mol. The zero-order valence-corrected chi connectivity index (χ0v) is 12.6. The van der Waals surface area contributed by atoms with E-state index >= 15 is 0 Å². The summed E-state index contributed by atoms with van der Waals surface area (Å²) >= 11 is 6.00. The molecule has 0 aliphatic heterocycles. The Morgan fingerprint density at radius 1 is 1.53 bits per heavy atom. The predicted molar refractivity (Wildman–Crippen MR) is 76.4 cm³/mol. The molecule has 2 rings (SSSR count). The summed E-state index contributed by atoms with van der Waals surface area (Å²) in [5, 5.41) is 0.656. The van der Waals surface area contributed by atoms with Gasteiger partial charge in [0.15, 0.2) is 0 Å². The van der Waals surface area contributed by atoms with Crippen molar-refractivity contribution in [1.29, 1.82) is 0 Å². The maximum absolute atomic E-state index is 12.3. The van der Waals surface area contributed by atoms with Crippen molar-refractivity contribution in [3.05, 3.63) is 28.8 Å². The SMILES string of the molecule is COc1ccc(Cl)cc1CN(C)C(=O)C1CC1(C)C. The van der Waals surface area contributed by atoms with E-state index in [9.17, 15) is 4.79 Å². The lowest BCUT2D eigenvalue weighted by molar-refractivity contribution is -0.132. The summed E-state index contributed by atoms with van der Waals surface area (Å²) in [7, 11) is 3.45. The summed E-state index contributed by atoms with van der Waals surface area (Å²) in [6.45, 7) is 4.78. The average Bonchev–Trinajstić information content (AvgIpc) is 2.97. The molecule has 0 aromatic heterocycles. The summed E-state index contributed by atoms with van der Waals surface area (Å²) in [5.74, 6) is 1.12. The third-order valence-corrected chi connectivity index (χ3v) is 4.07. The van der Waals surface area contributed by atoms with Crippen molar-refractivity contribution in [2.75, 3.05) is 14.2 Å². The van der Waals surface area contributed by atoms with Gasteiger partial charge in [0.05, 0.1) is 7.11 Å². The highest BCUT2D eigenvalue weighted by atomic mass is 35.5. The summed E-state index contributed by atoms with van der Waals surface area (Å²) in [4.78, 5) is 14.0. The van der Waals surface area contributed by atoms with Gasteiger partial charge < -0.3 is 9.64 Å². The van der Waals surface area contributed by atoms with Gasteiger partial charge >= 0.3 is 0 Å². The van der Waals surface area contributed by atoms with Crippen LogP contribution in [0.1, 0.15) is 25.8 Å². The lowest BCUT2D eigenvalue weighted by Gasteiger charge is -2.20. The molecular weight excluding hydrogens is 262 g/mol. The highest BCUT2D eigenvalue weighted by Crippen LogP contribution is 2.52. The molecule has 1 aromatic carbocycles. The van der Waals surface area contributed by atoms with Gasteiger partial charge in [-0.3, -0.25) is 4.79 Å². The van der Waals surface area contributed by atoms with Crippen LogP contribution < -0.4 is 4.74 Å². The number of ether oxygens (including phenoxy) is 1. The summed E-state index contributed by atoms with van der Waals surface area (Å²) < 4.78 is 5.30. The molecule has 19 heavy (non-hydrogen) atoms. The van der Waals surface area contributed by atoms with Gasteiger partial charge in [0, 0.05) is 30.1 Å². The largest absolute Gasteiger partial charge is 0.496 e. The van der Waals surface area contributed by atoms with Crippen LogP contribution in [0.25, 0.3) is 0 Å². The first-order valence-corrected chi connectivity index (χ1v) is 6.80. The van der Waals surface area contributed by atoms with Crippen molar-refractivity contribution < 1.29 is 9.53 Å². The Labute approximate surface area is 119 Å². The number of hydrogen-bond acceptors (Lipinski definition) is 2. The number of rotatable bonds is 4. The molecular formula is C15H20ClNO2. The van der Waals surface area contributed by atoms with Crippen LogP contribution in [0.3, 0.4) is 0 Å². The second-order valence-corrected chi connectivity index (χ2v) is 6.33. The molecule has 0 N–H and O–H groups in total. The molecule has 4 heteroatoms. The molecule has 0 bridgehead atoms. The number of carbonyl (C=O) groups excluding carboxylic acids is 1. The molecule has 1 amide bonds. The number of amides is 1. The van der Waals surface area contributed by atoms with Crippen LogP contribution in [-0.2, 0) is 11.3 Å². The first-order valence-electron chi connectivity index (χ1n) is 6.42. The van der Waals surface area contributed by atoms with Gasteiger partial charge in [0.1, 0.15) is 5.75 Å². The van der Waals surface area contributed by atoms with E-state index in [-0.39, 0.29) is 17.2 Å². The molecule has 1 fully saturated rings. The van der Waals surface area contributed by atoms with Crippen LogP contribution in [-0.4, -0.2) is 25.0 Å². The molecule has 1 atom stereocenters. The summed E-state index contributed by atoms with van der Waals surface area (Å²) in [6.07, 6.45) is 0.975. The Morgan fingerprint density at radius 2 is 2.16 bits per heavy atom. The summed E-state index contributed by atoms with van der Waals surface area (Å²) in [5.41, 5.74) is 1.09. The smallest absolute Gasteiger partial charge is 0.226 e. The van der Waals surface area contributed by atoms with Gasteiger partial charge in [-0.05, 0) is 30.0 Å². The van der Waals surface area contributed by atoms with Crippen molar-refractivity contribution in [2.24, 2.45) is 11.3 Å². The Bertz CT molecular complexity index is 499. The third-order valence-electron chi connectivity index (χ3n) is 3.84. The Hall–Kier alpha value is -1.22. The van der Waals surface area contributed by atoms with Crippen LogP contribution in [0, 0.1) is 11.3 Å². The van der Waals surface area contributed by atoms with Gasteiger partial charge in [-0.2, -0.15) is 0 Å². The molecule has 1 aliphatic rings. The minimum Gasteiger partial charge on any atom is -0.496 e. The number of benzene rings is 1. The zero-order valence-electron chi connectivity index (χ0n) is 11.9. The van der Waals surface area contributed by atoms with Crippen LogP contribution in [0.5, 0.6) is 5.75 Å². The topological polar surface area (TPSA) is 29.5 Å². The van der Waals surface area contributed by atoms with Crippen molar-refractivity contribution in [3.8, 4) is 5.75 Å². The van der Waals surface area contributed by atoms with Gasteiger partial charge in [0.25, 0.3) is 0 Å². The van der Waals surface area contributed by atoms with E-state index < -0.39 is 0 Å². The summed E-state index contributed by atoms with van der Waals surface area (Å²) in [6, 6.07) is 5.47. The maximum Gasteiger partial charge on any atom is 0.226 e. The van der Waals surface area contributed by atoms with Crippen molar-refractivity contribution in [3.63, 3.8) is 0 Å². The molecule has 0 spiro atoms. The van der Waals surface area contributed by atoms with E-state index in [1.807, 2.05) is 19.2 Å². The molecule has 0 heterocycles. The minimum atomic E-state index is 0.155. The first-order chi connectivity index (χ1) is 8.85. The highest BCUT2D eigenvalue weighted by Gasteiger charge is 2.51. The Morgan fingerprint density at radius 3 is 2.68 bits per heavy atom. The van der Waals surface area contributed by atoms with Crippen LogP contribution in [0.15, 0.2) is 18.2 Å². The van der Waals surface area contributed by atoms with E-state index in [1.165, 1.54) is 0 Å². The van der Waals surface area contributed by atoms with E-state index in [0.29, 0.717) is 11.6 Å². The second-order valence-electron chi connectivity index (χ2n) is 5.90. The molecule has 1 aromatic rings. The van der Waals surface area contributed by atoms with E-state index in [0.717, 1.165) is 17.7 Å². The molecule has 1 saturated carbocycles. The van der Waals surface area contributed by atoms with Crippen molar-refractivity contribution in [2.45, 2.75) is 26.8 Å². The van der Waals surface area contributed by atoms with E-state index in [1.54, 1.807) is 18.1 Å². The molecule has 0 saturated heterocycles. The lowest BCUT2D eigenvalue weighted by Crippen LogP contribution is -2.29. The van der Waals surface area contributed by atoms with Crippen LogP contribution in [0.4, 0.5) is 0 Å². The number of carbonyl (C=O) groups is 1. The average molecular weight is 282 g/mol. The van der Waals surface area contributed by atoms with Gasteiger partial charge in [0.2, 0.25) is 5.91 Å². The van der Waals surface area contributed by atoms with E-state index in [4.69, 9.17) is 16.3 Å². The standard InChI is InChI=1S/C15H20ClNO2/c1-15(2)8-12(15)14(18)17(3)9-10-7-11(16)5-6-13(10)19-4/h5-7,12H,8-9H2,1-4H3. The van der Waals surface area contributed by atoms with Crippen molar-refractivity contribution >= 4 is 17.5 Å². The van der Waals surface area contributed by atoms with Crippen LogP contribution in [0.2, 0.25) is 5.02 Å². The zero-order chi connectivity index (χ0) is 14.2. The second kappa shape index (κ2) is 5.04.